The van der Waals surface area contributed by atoms with Gasteiger partial charge in [-0.3, -0.25) is 9.88 Å². The van der Waals surface area contributed by atoms with Gasteiger partial charge in [-0.15, -0.1) is 0 Å². The summed E-state index contributed by atoms with van der Waals surface area (Å²) in [6.07, 6.45) is 10.1. The fraction of sp³-hybridized carbons (Fsp3) is 0.467. The van der Waals surface area contributed by atoms with Crippen molar-refractivity contribution in [1.82, 2.24) is 19.4 Å². The molecule has 0 aromatic carbocycles. The van der Waals surface area contributed by atoms with Crippen molar-refractivity contribution in [1.29, 1.82) is 0 Å². The van der Waals surface area contributed by atoms with Crippen LogP contribution in [0, 0.1) is 0 Å². The van der Waals surface area contributed by atoms with Gasteiger partial charge in [0, 0.05) is 32.2 Å². The highest BCUT2D eigenvalue weighted by Gasteiger charge is 2.20. The molecule has 2 aromatic heterocycles. The SMILES string of the molecule is Cn1cncc1CN1CCC(c2ccncc2)CC1. The van der Waals surface area contributed by atoms with Crippen LogP contribution in [-0.2, 0) is 13.6 Å². The molecule has 0 aliphatic carbocycles. The maximum Gasteiger partial charge on any atom is 0.0945 e. The van der Waals surface area contributed by atoms with Gasteiger partial charge in [-0.2, -0.15) is 0 Å². The monoisotopic (exact) mass is 256 g/mol. The van der Waals surface area contributed by atoms with Gasteiger partial charge < -0.3 is 4.57 Å². The highest BCUT2D eigenvalue weighted by atomic mass is 15.2. The van der Waals surface area contributed by atoms with Crippen LogP contribution in [0.2, 0.25) is 0 Å². The van der Waals surface area contributed by atoms with Gasteiger partial charge in [0.25, 0.3) is 0 Å². The summed E-state index contributed by atoms with van der Waals surface area (Å²) in [4.78, 5) is 10.8. The van der Waals surface area contributed by atoms with E-state index >= 15 is 0 Å². The number of pyridine rings is 1. The number of piperidine rings is 1. The summed E-state index contributed by atoms with van der Waals surface area (Å²) in [5.41, 5.74) is 2.73. The van der Waals surface area contributed by atoms with Crippen molar-refractivity contribution in [3.05, 3.63) is 48.3 Å². The highest BCUT2D eigenvalue weighted by Crippen LogP contribution is 2.27. The van der Waals surface area contributed by atoms with E-state index in [2.05, 4.69) is 38.6 Å². The Labute approximate surface area is 114 Å². The van der Waals surface area contributed by atoms with Crippen LogP contribution in [0.3, 0.4) is 0 Å². The molecule has 0 saturated carbocycles. The van der Waals surface area contributed by atoms with Crippen LogP contribution >= 0.6 is 0 Å². The smallest absolute Gasteiger partial charge is 0.0945 e. The molecule has 3 heterocycles. The molecule has 0 bridgehead atoms. The first-order valence-corrected chi connectivity index (χ1v) is 6.90. The second-order valence-electron chi connectivity index (χ2n) is 5.33. The first-order chi connectivity index (χ1) is 9.33. The minimum Gasteiger partial charge on any atom is -0.337 e. The van der Waals surface area contributed by atoms with E-state index in [1.54, 1.807) is 0 Å². The lowest BCUT2D eigenvalue weighted by Gasteiger charge is -2.32. The van der Waals surface area contributed by atoms with E-state index < -0.39 is 0 Å². The molecule has 0 spiro atoms. The summed E-state index contributed by atoms with van der Waals surface area (Å²) in [5.74, 6) is 0.700. The van der Waals surface area contributed by atoms with Crippen LogP contribution in [0.5, 0.6) is 0 Å². The average molecular weight is 256 g/mol. The largest absolute Gasteiger partial charge is 0.337 e. The molecule has 0 unspecified atom stereocenters. The third-order valence-electron chi connectivity index (χ3n) is 4.07. The predicted molar refractivity (Wildman–Crippen MR) is 74.7 cm³/mol. The molecule has 0 N–H and O–H groups in total. The molecule has 0 radical (unpaired) electrons. The second-order valence-corrected chi connectivity index (χ2v) is 5.33. The van der Waals surface area contributed by atoms with Crippen LogP contribution in [-0.4, -0.2) is 32.5 Å². The Kier molecular flexibility index (Phi) is 3.60. The Hall–Kier alpha value is -1.68. The van der Waals surface area contributed by atoms with Crippen molar-refractivity contribution in [2.45, 2.75) is 25.3 Å². The number of aromatic nitrogens is 3. The van der Waals surface area contributed by atoms with Crippen LogP contribution in [0.4, 0.5) is 0 Å². The van der Waals surface area contributed by atoms with Gasteiger partial charge in [0.1, 0.15) is 0 Å². The molecule has 4 heteroatoms. The molecule has 1 aliphatic rings. The van der Waals surface area contributed by atoms with Crippen molar-refractivity contribution in [3.8, 4) is 0 Å². The zero-order valence-electron chi connectivity index (χ0n) is 11.4. The number of rotatable bonds is 3. The van der Waals surface area contributed by atoms with E-state index in [4.69, 9.17) is 0 Å². The summed E-state index contributed by atoms with van der Waals surface area (Å²) in [6.45, 7) is 3.34. The Bertz CT molecular complexity index is 512. The first kappa shape index (κ1) is 12.4. The molecule has 100 valence electrons. The summed E-state index contributed by atoms with van der Waals surface area (Å²) in [5, 5.41) is 0. The average Bonchev–Trinajstić information content (AvgIpc) is 2.86. The Morgan fingerprint density at radius 3 is 2.53 bits per heavy atom. The Morgan fingerprint density at radius 1 is 1.16 bits per heavy atom. The van der Waals surface area contributed by atoms with Crippen molar-refractivity contribution >= 4 is 0 Å². The molecule has 2 aromatic rings. The molecule has 0 amide bonds. The molecule has 1 fully saturated rings. The van der Waals surface area contributed by atoms with E-state index in [1.165, 1.54) is 24.1 Å². The number of aryl methyl sites for hydroxylation is 1. The summed E-state index contributed by atoms with van der Waals surface area (Å²) >= 11 is 0. The molecule has 1 saturated heterocycles. The zero-order chi connectivity index (χ0) is 13.1. The summed E-state index contributed by atoms with van der Waals surface area (Å²) in [6, 6.07) is 4.31. The topological polar surface area (TPSA) is 34.0 Å². The minimum atomic E-state index is 0.700. The normalized spacial score (nSPS) is 17.7. The molecule has 4 nitrogen and oxygen atoms in total. The van der Waals surface area contributed by atoms with E-state index in [-0.39, 0.29) is 0 Å². The van der Waals surface area contributed by atoms with Crippen molar-refractivity contribution in [2.24, 2.45) is 7.05 Å². The van der Waals surface area contributed by atoms with E-state index in [0.29, 0.717) is 5.92 Å². The third-order valence-corrected chi connectivity index (χ3v) is 4.07. The van der Waals surface area contributed by atoms with Gasteiger partial charge in [-0.05, 0) is 49.5 Å². The molecule has 0 atom stereocenters. The van der Waals surface area contributed by atoms with Gasteiger partial charge >= 0.3 is 0 Å². The highest BCUT2D eigenvalue weighted by molar-refractivity contribution is 5.16. The van der Waals surface area contributed by atoms with Crippen LogP contribution < -0.4 is 0 Å². The Morgan fingerprint density at radius 2 is 1.89 bits per heavy atom. The molecular formula is C15H20N4. The number of nitrogens with zero attached hydrogens (tertiary/aromatic N) is 4. The second kappa shape index (κ2) is 5.53. The molecule has 19 heavy (non-hydrogen) atoms. The fourth-order valence-corrected chi connectivity index (χ4v) is 2.83. The van der Waals surface area contributed by atoms with Gasteiger partial charge in [0.05, 0.1) is 12.0 Å². The molecular weight excluding hydrogens is 236 g/mol. The lowest BCUT2D eigenvalue weighted by atomic mass is 9.90. The van der Waals surface area contributed by atoms with Gasteiger partial charge in [0.2, 0.25) is 0 Å². The Balaban J connectivity index is 1.57. The number of hydrogen-bond donors (Lipinski definition) is 0. The van der Waals surface area contributed by atoms with Gasteiger partial charge in [-0.1, -0.05) is 0 Å². The molecule has 3 rings (SSSR count). The molecule has 1 aliphatic heterocycles. The van der Waals surface area contributed by atoms with Crippen molar-refractivity contribution in [3.63, 3.8) is 0 Å². The number of hydrogen-bond acceptors (Lipinski definition) is 3. The summed E-state index contributed by atoms with van der Waals surface area (Å²) < 4.78 is 2.11. The minimum absolute atomic E-state index is 0.700. The van der Waals surface area contributed by atoms with Crippen molar-refractivity contribution < 1.29 is 0 Å². The van der Waals surface area contributed by atoms with E-state index in [0.717, 1.165) is 19.6 Å². The standard InChI is InChI=1S/C15H20N4/c1-18-12-17-10-15(18)11-19-8-4-14(5-9-19)13-2-6-16-7-3-13/h2-3,6-7,10,12,14H,4-5,8-9,11H2,1H3. The van der Waals surface area contributed by atoms with Crippen LogP contribution in [0.25, 0.3) is 0 Å². The first-order valence-electron chi connectivity index (χ1n) is 6.90. The van der Waals surface area contributed by atoms with Crippen LogP contribution in [0.15, 0.2) is 37.1 Å². The lowest BCUT2D eigenvalue weighted by Crippen LogP contribution is -2.33. The predicted octanol–water partition coefficient (Wildman–Crippen LogP) is 2.19. The fourth-order valence-electron chi connectivity index (χ4n) is 2.83. The van der Waals surface area contributed by atoms with E-state index in [1.807, 2.05) is 24.9 Å². The lowest BCUT2D eigenvalue weighted by molar-refractivity contribution is 0.201. The quantitative estimate of drug-likeness (QED) is 0.844. The third kappa shape index (κ3) is 2.84. The van der Waals surface area contributed by atoms with Crippen molar-refractivity contribution in [2.75, 3.05) is 13.1 Å². The van der Waals surface area contributed by atoms with Crippen LogP contribution in [0.1, 0.15) is 30.0 Å². The number of imidazole rings is 1. The van der Waals surface area contributed by atoms with E-state index in [9.17, 15) is 0 Å². The maximum atomic E-state index is 4.18. The summed E-state index contributed by atoms with van der Waals surface area (Å²) in [7, 11) is 2.06. The van der Waals surface area contributed by atoms with Gasteiger partial charge in [0.15, 0.2) is 0 Å². The number of likely N-dealkylation sites (tertiary alicyclic amines) is 1. The maximum absolute atomic E-state index is 4.18. The van der Waals surface area contributed by atoms with Gasteiger partial charge in [-0.25, -0.2) is 4.98 Å². The zero-order valence-corrected chi connectivity index (χ0v) is 11.4.